The van der Waals surface area contributed by atoms with Crippen LogP contribution < -0.4 is 10.0 Å². The summed E-state index contributed by atoms with van der Waals surface area (Å²) in [5.74, 6) is -1.17. The van der Waals surface area contributed by atoms with E-state index in [1.54, 1.807) is 12.1 Å². The summed E-state index contributed by atoms with van der Waals surface area (Å²) in [7, 11) is -2.92. The van der Waals surface area contributed by atoms with Crippen molar-refractivity contribution in [3.8, 4) is 0 Å². The molecule has 29 heavy (non-hydrogen) atoms. The molecule has 0 fully saturated rings. The highest BCUT2D eigenvalue weighted by atomic mass is 32.2. The SMILES string of the molecule is COC(=O)c1sccc1S(=O)(=O)Nc1ccccc1C(=O)NCc1ccccc1. The highest BCUT2D eigenvalue weighted by Crippen LogP contribution is 2.26. The standard InChI is InChI=1S/C20H18N2O5S2/c1-27-20(24)18-17(11-12-28-18)29(25,26)22-16-10-6-5-9-15(16)19(23)21-13-14-7-3-2-4-8-14/h2-12,22H,13H2,1H3,(H,21,23). The fourth-order valence-electron chi connectivity index (χ4n) is 2.59. The van der Waals surface area contributed by atoms with Crippen molar-refractivity contribution in [3.63, 3.8) is 0 Å². The number of para-hydroxylation sites is 1. The van der Waals surface area contributed by atoms with E-state index >= 15 is 0 Å². The second-order valence-electron chi connectivity index (χ2n) is 5.92. The number of hydrogen-bond donors (Lipinski definition) is 2. The maximum absolute atomic E-state index is 12.8. The lowest BCUT2D eigenvalue weighted by Gasteiger charge is -2.13. The van der Waals surface area contributed by atoms with Crippen LogP contribution in [0, 0.1) is 0 Å². The highest BCUT2D eigenvalue weighted by molar-refractivity contribution is 7.93. The average molecular weight is 431 g/mol. The molecule has 3 rings (SSSR count). The van der Waals surface area contributed by atoms with Gasteiger partial charge in [0.15, 0.2) is 0 Å². The third-order valence-electron chi connectivity index (χ3n) is 4.00. The van der Waals surface area contributed by atoms with Gasteiger partial charge in [-0.3, -0.25) is 9.52 Å². The molecule has 0 aliphatic carbocycles. The Labute approximate surface area is 172 Å². The largest absolute Gasteiger partial charge is 0.465 e. The minimum absolute atomic E-state index is 0.0361. The molecule has 0 aliphatic heterocycles. The van der Waals surface area contributed by atoms with Crippen molar-refractivity contribution in [1.29, 1.82) is 0 Å². The number of nitrogens with one attached hydrogen (secondary N) is 2. The van der Waals surface area contributed by atoms with Gasteiger partial charge in [-0.2, -0.15) is 0 Å². The first-order valence-corrected chi connectivity index (χ1v) is 10.9. The van der Waals surface area contributed by atoms with Crippen LogP contribution in [0.2, 0.25) is 0 Å². The summed E-state index contributed by atoms with van der Waals surface area (Å²) in [5, 5.41) is 4.25. The number of thiophene rings is 1. The van der Waals surface area contributed by atoms with E-state index in [1.807, 2.05) is 30.3 Å². The van der Waals surface area contributed by atoms with E-state index in [-0.39, 0.29) is 21.0 Å². The van der Waals surface area contributed by atoms with Crippen LogP contribution >= 0.6 is 11.3 Å². The summed E-state index contributed by atoms with van der Waals surface area (Å²) in [4.78, 5) is 24.2. The van der Waals surface area contributed by atoms with Crippen molar-refractivity contribution >= 4 is 38.9 Å². The zero-order valence-corrected chi connectivity index (χ0v) is 17.0. The second kappa shape index (κ2) is 8.89. The molecule has 150 valence electrons. The van der Waals surface area contributed by atoms with E-state index in [9.17, 15) is 18.0 Å². The minimum Gasteiger partial charge on any atom is -0.465 e. The number of methoxy groups -OCH3 is 1. The highest BCUT2D eigenvalue weighted by Gasteiger charge is 2.26. The maximum atomic E-state index is 12.8. The Morgan fingerprint density at radius 3 is 2.41 bits per heavy atom. The molecule has 0 saturated carbocycles. The predicted molar refractivity (Wildman–Crippen MR) is 111 cm³/mol. The zero-order chi connectivity index (χ0) is 20.9. The first-order chi connectivity index (χ1) is 13.9. The smallest absolute Gasteiger partial charge is 0.349 e. The van der Waals surface area contributed by atoms with Crippen molar-refractivity contribution in [2.45, 2.75) is 11.4 Å². The zero-order valence-electron chi connectivity index (χ0n) is 15.4. The molecule has 1 heterocycles. The number of esters is 1. The number of hydrogen-bond acceptors (Lipinski definition) is 6. The molecule has 1 aromatic heterocycles. The van der Waals surface area contributed by atoms with Gasteiger partial charge in [0.25, 0.3) is 15.9 Å². The number of benzene rings is 2. The van der Waals surface area contributed by atoms with Crippen LogP contribution in [0.15, 0.2) is 70.9 Å². The van der Waals surface area contributed by atoms with Crippen LogP contribution in [0.1, 0.15) is 25.6 Å². The summed E-state index contributed by atoms with van der Waals surface area (Å²) in [6, 6.07) is 16.9. The number of carbonyl (C=O) groups is 2. The molecule has 2 N–H and O–H groups in total. The van der Waals surface area contributed by atoms with Crippen LogP contribution in [0.3, 0.4) is 0 Å². The van der Waals surface area contributed by atoms with Crippen molar-refractivity contribution in [3.05, 3.63) is 82.0 Å². The third kappa shape index (κ3) is 4.82. The van der Waals surface area contributed by atoms with E-state index in [1.165, 1.54) is 30.7 Å². The van der Waals surface area contributed by atoms with Crippen molar-refractivity contribution in [2.24, 2.45) is 0 Å². The van der Waals surface area contributed by atoms with Crippen LogP contribution in [0.5, 0.6) is 0 Å². The molecule has 0 saturated heterocycles. The normalized spacial score (nSPS) is 10.9. The second-order valence-corrected chi connectivity index (χ2v) is 8.49. The molecule has 0 radical (unpaired) electrons. The molecule has 0 spiro atoms. The minimum atomic E-state index is -4.10. The van der Waals surface area contributed by atoms with E-state index in [0.717, 1.165) is 16.9 Å². The lowest BCUT2D eigenvalue weighted by Crippen LogP contribution is -2.25. The third-order valence-corrected chi connectivity index (χ3v) is 6.43. The number of sulfonamides is 1. The molecule has 0 unspecified atom stereocenters. The first kappa shape index (κ1) is 20.6. The molecule has 9 heteroatoms. The van der Waals surface area contributed by atoms with Crippen molar-refractivity contribution < 1.29 is 22.7 Å². The number of amides is 1. The Kier molecular flexibility index (Phi) is 6.30. The Balaban J connectivity index is 1.83. The number of carbonyl (C=O) groups excluding carboxylic acids is 2. The molecular formula is C20H18N2O5S2. The van der Waals surface area contributed by atoms with Gasteiger partial charge < -0.3 is 10.1 Å². The first-order valence-electron chi connectivity index (χ1n) is 8.52. The molecular weight excluding hydrogens is 412 g/mol. The van der Waals surface area contributed by atoms with Gasteiger partial charge in [0.05, 0.1) is 18.4 Å². The van der Waals surface area contributed by atoms with Gasteiger partial charge in [-0.1, -0.05) is 42.5 Å². The Hall–Kier alpha value is -3.17. The van der Waals surface area contributed by atoms with E-state index in [4.69, 9.17) is 0 Å². The molecule has 1 amide bonds. The number of anilines is 1. The lowest BCUT2D eigenvalue weighted by molar-refractivity contribution is 0.0602. The van der Waals surface area contributed by atoms with Crippen molar-refractivity contribution in [2.75, 3.05) is 11.8 Å². The predicted octanol–water partition coefficient (Wildman–Crippen LogP) is 3.27. The molecule has 0 aliphatic rings. The summed E-state index contributed by atoms with van der Waals surface area (Å²) in [6.45, 7) is 0.303. The maximum Gasteiger partial charge on any atom is 0.349 e. The van der Waals surface area contributed by atoms with Crippen LogP contribution in [-0.4, -0.2) is 27.4 Å². The van der Waals surface area contributed by atoms with Gasteiger partial charge in [-0.25, -0.2) is 13.2 Å². The summed E-state index contributed by atoms with van der Waals surface area (Å²) < 4.78 is 32.7. The Morgan fingerprint density at radius 1 is 1.00 bits per heavy atom. The van der Waals surface area contributed by atoms with E-state index in [2.05, 4.69) is 14.8 Å². The summed E-state index contributed by atoms with van der Waals surface area (Å²) in [6.07, 6.45) is 0. The Morgan fingerprint density at radius 2 is 1.69 bits per heavy atom. The Bertz CT molecular complexity index is 1120. The van der Waals surface area contributed by atoms with Crippen LogP contribution in [-0.2, 0) is 21.3 Å². The van der Waals surface area contributed by atoms with Crippen molar-refractivity contribution in [1.82, 2.24) is 5.32 Å². The number of rotatable bonds is 7. The quantitative estimate of drug-likeness (QED) is 0.560. The fourth-order valence-corrected chi connectivity index (χ4v) is 5.01. The monoisotopic (exact) mass is 430 g/mol. The van der Waals surface area contributed by atoms with Gasteiger partial charge in [-0.05, 0) is 29.1 Å². The average Bonchev–Trinajstić information content (AvgIpc) is 3.23. The van der Waals surface area contributed by atoms with Gasteiger partial charge in [-0.15, -0.1) is 11.3 Å². The summed E-state index contributed by atoms with van der Waals surface area (Å²) >= 11 is 0.963. The van der Waals surface area contributed by atoms with Crippen LogP contribution in [0.25, 0.3) is 0 Å². The summed E-state index contributed by atoms with van der Waals surface area (Å²) in [5.41, 5.74) is 1.20. The van der Waals surface area contributed by atoms with Gasteiger partial charge in [0.2, 0.25) is 0 Å². The van der Waals surface area contributed by atoms with E-state index in [0.29, 0.717) is 6.54 Å². The van der Waals surface area contributed by atoms with Crippen LogP contribution in [0.4, 0.5) is 5.69 Å². The topological polar surface area (TPSA) is 102 Å². The van der Waals surface area contributed by atoms with Gasteiger partial charge >= 0.3 is 5.97 Å². The van der Waals surface area contributed by atoms with Gasteiger partial charge in [0, 0.05) is 6.54 Å². The number of ether oxygens (including phenoxy) is 1. The fraction of sp³-hybridized carbons (Fsp3) is 0.100. The molecule has 2 aromatic carbocycles. The molecule has 0 atom stereocenters. The molecule has 3 aromatic rings. The van der Waals surface area contributed by atoms with Gasteiger partial charge in [0.1, 0.15) is 9.77 Å². The van der Waals surface area contributed by atoms with E-state index < -0.39 is 21.9 Å². The lowest BCUT2D eigenvalue weighted by atomic mass is 10.1. The molecule has 0 bridgehead atoms. The molecule has 7 nitrogen and oxygen atoms in total.